The van der Waals surface area contributed by atoms with Crippen LogP contribution in [0.2, 0.25) is 0 Å². The fourth-order valence-corrected chi connectivity index (χ4v) is 0.366. The minimum Gasteiger partial charge on any atom is -0.208 e. The van der Waals surface area contributed by atoms with Crippen molar-refractivity contribution >= 4 is 15.9 Å². The van der Waals surface area contributed by atoms with Gasteiger partial charge in [0.2, 0.25) is 0 Å². The zero-order chi connectivity index (χ0) is 6.57. The normalized spacial score (nSPS) is 12.9. The predicted molar refractivity (Wildman–Crippen MR) is 33.0 cm³/mol. The van der Waals surface area contributed by atoms with Gasteiger partial charge in [0, 0.05) is 6.42 Å². The summed E-state index contributed by atoms with van der Waals surface area (Å²) in [5.41, 5.74) is 0. The molecule has 3 heteroatoms. The van der Waals surface area contributed by atoms with Crippen molar-refractivity contribution in [2.75, 3.05) is 0 Å². The first-order valence-electron chi connectivity index (χ1n) is 1.99. The van der Waals surface area contributed by atoms with Crippen LogP contribution in [0.5, 0.6) is 0 Å². The second-order valence-electron chi connectivity index (χ2n) is 1.16. The molecular formula is C5H5BrF2. The third kappa shape index (κ3) is 2.91. The predicted octanol–water partition coefficient (Wildman–Crippen LogP) is 3.07. The molecular weight excluding hydrogens is 178 g/mol. The minimum absolute atomic E-state index is 0.0584. The van der Waals surface area contributed by atoms with E-state index in [-0.39, 0.29) is 6.42 Å². The lowest BCUT2D eigenvalue weighted by molar-refractivity contribution is 0.560. The third-order valence-corrected chi connectivity index (χ3v) is 0.959. The SMILES string of the molecule is C=CC/C(F)=C(\F)Br. The summed E-state index contributed by atoms with van der Waals surface area (Å²) in [6.07, 6.45) is 1.23. The van der Waals surface area contributed by atoms with Crippen LogP contribution in [0.15, 0.2) is 23.2 Å². The van der Waals surface area contributed by atoms with E-state index in [0.29, 0.717) is 0 Å². The van der Waals surface area contributed by atoms with Gasteiger partial charge < -0.3 is 0 Å². The Morgan fingerprint density at radius 3 is 2.25 bits per heavy atom. The van der Waals surface area contributed by atoms with Crippen LogP contribution in [0.1, 0.15) is 6.42 Å². The van der Waals surface area contributed by atoms with Gasteiger partial charge in [-0.15, -0.1) is 6.58 Å². The van der Waals surface area contributed by atoms with Crippen LogP contribution in [0.4, 0.5) is 8.78 Å². The van der Waals surface area contributed by atoms with Gasteiger partial charge in [-0.05, 0) is 15.9 Å². The largest absolute Gasteiger partial charge is 0.208 e. The molecule has 0 saturated carbocycles. The highest BCUT2D eigenvalue weighted by Gasteiger charge is 1.96. The summed E-state index contributed by atoms with van der Waals surface area (Å²) < 4.78 is 22.6. The summed E-state index contributed by atoms with van der Waals surface area (Å²) in [5, 5.41) is 0. The van der Waals surface area contributed by atoms with Gasteiger partial charge in [0.15, 0.2) is 4.74 Å². The Labute approximate surface area is 55.0 Å². The van der Waals surface area contributed by atoms with Crippen molar-refractivity contribution in [1.82, 2.24) is 0 Å². The monoisotopic (exact) mass is 182 g/mol. The van der Waals surface area contributed by atoms with Crippen LogP contribution in [0, 0.1) is 0 Å². The van der Waals surface area contributed by atoms with Gasteiger partial charge in [0.05, 0.1) is 0 Å². The summed E-state index contributed by atoms with van der Waals surface area (Å²) in [6.45, 7) is 3.22. The Morgan fingerprint density at radius 1 is 1.62 bits per heavy atom. The Balaban J connectivity index is 3.79. The molecule has 0 aliphatic carbocycles. The van der Waals surface area contributed by atoms with E-state index in [9.17, 15) is 8.78 Å². The van der Waals surface area contributed by atoms with Crippen molar-refractivity contribution < 1.29 is 8.78 Å². The van der Waals surface area contributed by atoms with E-state index in [0.717, 1.165) is 0 Å². The number of halogens is 3. The fraction of sp³-hybridized carbons (Fsp3) is 0.200. The van der Waals surface area contributed by atoms with E-state index in [1.165, 1.54) is 6.08 Å². The first kappa shape index (κ1) is 7.82. The summed E-state index contributed by atoms with van der Waals surface area (Å²) in [4.78, 5) is 0. The lowest BCUT2D eigenvalue weighted by Crippen LogP contribution is -1.68. The van der Waals surface area contributed by atoms with Gasteiger partial charge in [0.25, 0.3) is 0 Å². The standard InChI is InChI=1S/C5H5BrF2/c1-2-3-4(7)5(6)8/h2H,1,3H2/b5-4+. The summed E-state index contributed by atoms with van der Waals surface area (Å²) >= 11 is 2.33. The van der Waals surface area contributed by atoms with Gasteiger partial charge in [-0.1, -0.05) is 6.08 Å². The highest BCUT2D eigenvalue weighted by molar-refractivity contribution is 9.11. The Kier molecular flexibility index (Phi) is 3.69. The summed E-state index contributed by atoms with van der Waals surface area (Å²) in [6, 6.07) is 0. The Hall–Kier alpha value is -0.180. The van der Waals surface area contributed by atoms with E-state index in [2.05, 4.69) is 22.5 Å². The first-order valence-corrected chi connectivity index (χ1v) is 2.78. The van der Waals surface area contributed by atoms with Crippen LogP contribution in [-0.2, 0) is 0 Å². The Morgan fingerprint density at radius 2 is 2.12 bits per heavy atom. The second-order valence-corrected chi connectivity index (χ2v) is 1.85. The molecule has 8 heavy (non-hydrogen) atoms. The molecule has 0 N–H and O–H groups in total. The van der Waals surface area contributed by atoms with Gasteiger partial charge in [-0.2, -0.15) is 4.39 Å². The van der Waals surface area contributed by atoms with Crippen molar-refractivity contribution in [2.24, 2.45) is 0 Å². The number of hydrogen-bond donors (Lipinski definition) is 0. The molecule has 0 aromatic rings. The molecule has 0 aliphatic heterocycles. The minimum atomic E-state index is -0.947. The van der Waals surface area contributed by atoms with E-state index < -0.39 is 10.6 Å². The van der Waals surface area contributed by atoms with Crippen molar-refractivity contribution in [3.05, 3.63) is 23.2 Å². The van der Waals surface area contributed by atoms with Gasteiger partial charge in [-0.25, -0.2) is 4.39 Å². The maximum absolute atomic E-state index is 11.9. The molecule has 0 aromatic carbocycles. The molecule has 0 spiro atoms. The van der Waals surface area contributed by atoms with Gasteiger partial charge in [-0.3, -0.25) is 0 Å². The van der Waals surface area contributed by atoms with E-state index in [4.69, 9.17) is 0 Å². The van der Waals surface area contributed by atoms with Crippen LogP contribution >= 0.6 is 15.9 Å². The zero-order valence-electron chi connectivity index (χ0n) is 4.13. The molecule has 0 atom stereocenters. The number of allylic oxidation sites excluding steroid dienone is 2. The first-order chi connectivity index (χ1) is 3.68. The highest BCUT2D eigenvalue weighted by atomic mass is 79.9. The molecule has 0 heterocycles. The second kappa shape index (κ2) is 3.78. The number of hydrogen-bond acceptors (Lipinski definition) is 0. The maximum Gasteiger partial charge on any atom is 0.197 e. The van der Waals surface area contributed by atoms with Crippen LogP contribution in [0.3, 0.4) is 0 Å². The molecule has 0 nitrogen and oxygen atoms in total. The fourth-order valence-electron chi connectivity index (χ4n) is 0.204. The van der Waals surface area contributed by atoms with Crippen LogP contribution < -0.4 is 0 Å². The van der Waals surface area contributed by atoms with Crippen molar-refractivity contribution in [3.8, 4) is 0 Å². The maximum atomic E-state index is 11.9. The van der Waals surface area contributed by atoms with Crippen molar-refractivity contribution in [3.63, 3.8) is 0 Å². The van der Waals surface area contributed by atoms with E-state index >= 15 is 0 Å². The van der Waals surface area contributed by atoms with Crippen molar-refractivity contribution in [2.45, 2.75) is 6.42 Å². The summed E-state index contributed by atoms with van der Waals surface area (Å²) in [7, 11) is 0. The van der Waals surface area contributed by atoms with Crippen LogP contribution in [0.25, 0.3) is 0 Å². The molecule has 0 amide bonds. The molecule has 0 radical (unpaired) electrons. The smallest absolute Gasteiger partial charge is 0.197 e. The highest BCUT2D eigenvalue weighted by Crippen LogP contribution is 2.17. The van der Waals surface area contributed by atoms with E-state index in [1.807, 2.05) is 0 Å². The average molecular weight is 183 g/mol. The molecule has 0 fully saturated rings. The van der Waals surface area contributed by atoms with Crippen molar-refractivity contribution in [1.29, 1.82) is 0 Å². The molecule has 0 aromatic heterocycles. The quantitative estimate of drug-likeness (QED) is 0.577. The zero-order valence-corrected chi connectivity index (χ0v) is 5.71. The van der Waals surface area contributed by atoms with Gasteiger partial charge in [0.1, 0.15) is 5.83 Å². The van der Waals surface area contributed by atoms with Gasteiger partial charge >= 0.3 is 0 Å². The summed E-state index contributed by atoms with van der Waals surface area (Å²) in [5.74, 6) is -0.819. The molecule has 0 unspecified atom stereocenters. The molecule has 0 saturated heterocycles. The molecule has 0 rings (SSSR count). The molecule has 0 bridgehead atoms. The van der Waals surface area contributed by atoms with E-state index in [1.54, 1.807) is 0 Å². The lowest BCUT2D eigenvalue weighted by atomic mass is 10.4. The number of rotatable bonds is 2. The van der Waals surface area contributed by atoms with Crippen LogP contribution in [-0.4, -0.2) is 0 Å². The third-order valence-electron chi connectivity index (χ3n) is 0.529. The molecule has 46 valence electrons. The topological polar surface area (TPSA) is 0 Å². The lowest BCUT2D eigenvalue weighted by Gasteiger charge is -1.85. The molecule has 0 aliphatic rings. The average Bonchev–Trinajstić information content (AvgIpc) is 1.67. The Bertz CT molecular complexity index is 114.